The molecule has 2 heteroatoms. The van der Waals surface area contributed by atoms with Gasteiger partial charge in [0.05, 0.1) is 0 Å². The predicted octanol–water partition coefficient (Wildman–Crippen LogP) is 6.18. The molecule has 0 bridgehead atoms. The highest BCUT2D eigenvalue weighted by Gasteiger charge is 2.57. The van der Waals surface area contributed by atoms with Gasteiger partial charge in [-0.25, -0.2) is 0 Å². The lowest BCUT2D eigenvalue weighted by molar-refractivity contribution is -0.131. The topological polar surface area (TPSA) is 37.3 Å². The Kier molecular flexibility index (Phi) is 4.94. The SMILES string of the molecule is CC(C)=CCCC[C@H]1C[C@]2(C)C(=O)CCC2C2CCc3cc(O)ccc3C21. The van der Waals surface area contributed by atoms with Gasteiger partial charge in [-0.15, -0.1) is 0 Å². The van der Waals surface area contributed by atoms with Crippen LogP contribution < -0.4 is 0 Å². The van der Waals surface area contributed by atoms with Gasteiger partial charge in [0.2, 0.25) is 0 Å². The van der Waals surface area contributed by atoms with Crippen LogP contribution in [0.4, 0.5) is 0 Å². The van der Waals surface area contributed by atoms with Crippen LogP contribution in [-0.2, 0) is 11.2 Å². The van der Waals surface area contributed by atoms with Crippen molar-refractivity contribution in [3.05, 3.63) is 41.0 Å². The summed E-state index contributed by atoms with van der Waals surface area (Å²) < 4.78 is 0. The molecule has 1 aromatic carbocycles. The first-order chi connectivity index (χ1) is 12.9. The number of unbranched alkanes of at least 4 members (excludes halogenated alkanes) is 1. The zero-order valence-electron chi connectivity index (χ0n) is 17.1. The number of hydrogen-bond acceptors (Lipinski definition) is 2. The van der Waals surface area contributed by atoms with E-state index in [2.05, 4.69) is 32.9 Å². The Hall–Kier alpha value is -1.57. The molecule has 4 rings (SSSR count). The molecule has 3 aliphatic rings. The number of benzene rings is 1. The van der Waals surface area contributed by atoms with Gasteiger partial charge in [0.25, 0.3) is 0 Å². The zero-order valence-corrected chi connectivity index (χ0v) is 17.1. The number of Topliss-reactive ketones (excluding diaryl/α,β-unsaturated/α-hetero) is 1. The third kappa shape index (κ3) is 3.26. The second-order valence-electron chi connectivity index (χ2n) is 9.77. The van der Waals surface area contributed by atoms with Crippen molar-refractivity contribution in [2.24, 2.45) is 23.2 Å². The number of ketones is 1. The molecule has 0 aliphatic heterocycles. The first-order valence-electron chi connectivity index (χ1n) is 10.9. The van der Waals surface area contributed by atoms with Crippen molar-refractivity contribution in [2.45, 2.75) is 78.1 Å². The molecule has 2 nitrogen and oxygen atoms in total. The highest BCUT2D eigenvalue weighted by Crippen LogP contribution is 2.62. The number of fused-ring (bicyclic) bond motifs is 5. The molecule has 0 saturated heterocycles. The van der Waals surface area contributed by atoms with E-state index in [-0.39, 0.29) is 5.41 Å². The van der Waals surface area contributed by atoms with E-state index in [1.165, 1.54) is 36.0 Å². The molecule has 0 spiro atoms. The molecule has 0 amide bonds. The van der Waals surface area contributed by atoms with Crippen LogP contribution in [0.2, 0.25) is 0 Å². The van der Waals surface area contributed by atoms with Crippen LogP contribution in [0, 0.1) is 23.2 Å². The number of phenols is 1. The average Bonchev–Trinajstić information content (AvgIpc) is 2.92. The minimum atomic E-state index is -0.0865. The summed E-state index contributed by atoms with van der Waals surface area (Å²) in [5.74, 6) is 3.28. The van der Waals surface area contributed by atoms with Crippen LogP contribution in [0.25, 0.3) is 0 Å². The van der Waals surface area contributed by atoms with Crippen LogP contribution in [-0.4, -0.2) is 10.9 Å². The Morgan fingerprint density at radius 2 is 2.07 bits per heavy atom. The first kappa shape index (κ1) is 18.8. The van der Waals surface area contributed by atoms with E-state index in [1.807, 2.05) is 12.1 Å². The molecule has 1 aromatic rings. The molecule has 2 saturated carbocycles. The monoisotopic (exact) mass is 366 g/mol. The van der Waals surface area contributed by atoms with Crippen molar-refractivity contribution in [1.82, 2.24) is 0 Å². The van der Waals surface area contributed by atoms with E-state index in [4.69, 9.17) is 0 Å². The van der Waals surface area contributed by atoms with E-state index in [9.17, 15) is 9.90 Å². The molecule has 5 atom stereocenters. The summed E-state index contributed by atoms with van der Waals surface area (Å²) in [6, 6.07) is 6.04. The van der Waals surface area contributed by atoms with Gasteiger partial charge < -0.3 is 5.11 Å². The van der Waals surface area contributed by atoms with E-state index in [0.717, 1.165) is 32.1 Å². The van der Waals surface area contributed by atoms with Crippen LogP contribution in [0.5, 0.6) is 5.75 Å². The van der Waals surface area contributed by atoms with Crippen LogP contribution in [0.15, 0.2) is 29.8 Å². The Labute approximate surface area is 164 Å². The summed E-state index contributed by atoms with van der Waals surface area (Å²) in [6.45, 7) is 6.62. The van der Waals surface area contributed by atoms with Crippen LogP contribution >= 0.6 is 0 Å². The highest BCUT2D eigenvalue weighted by molar-refractivity contribution is 5.87. The van der Waals surface area contributed by atoms with Gasteiger partial charge in [0.1, 0.15) is 11.5 Å². The second-order valence-corrected chi connectivity index (χ2v) is 9.77. The van der Waals surface area contributed by atoms with Gasteiger partial charge in [-0.05, 0) is 106 Å². The van der Waals surface area contributed by atoms with Gasteiger partial charge in [0, 0.05) is 11.8 Å². The minimum Gasteiger partial charge on any atom is -0.508 e. The molecule has 0 aromatic heterocycles. The fourth-order valence-electron chi connectivity index (χ4n) is 6.69. The maximum atomic E-state index is 12.8. The lowest BCUT2D eigenvalue weighted by atomic mass is 9.51. The lowest BCUT2D eigenvalue weighted by Crippen LogP contribution is -2.46. The van der Waals surface area contributed by atoms with E-state index in [0.29, 0.717) is 35.2 Å². The number of carbonyl (C=O) groups is 1. The van der Waals surface area contributed by atoms with E-state index < -0.39 is 0 Å². The van der Waals surface area contributed by atoms with Gasteiger partial charge in [0.15, 0.2) is 0 Å². The molecular formula is C25H34O2. The quantitative estimate of drug-likeness (QED) is 0.510. The molecule has 2 fully saturated rings. The summed E-state index contributed by atoms with van der Waals surface area (Å²) in [5, 5.41) is 9.95. The number of aromatic hydroxyl groups is 1. The van der Waals surface area contributed by atoms with Gasteiger partial charge in [-0.3, -0.25) is 4.79 Å². The maximum Gasteiger partial charge on any atom is 0.139 e. The second kappa shape index (κ2) is 7.11. The van der Waals surface area contributed by atoms with E-state index in [1.54, 1.807) is 0 Å². The Balaban J connectivity index is 1.65. The van der Waals surface area contributed by atoms with Gasteiger partial charge >= 0.3 is 0 Å². The third-order valence-electron chi connectivity index (χ3n) is 7.87. The summed E-state index contributed by atoms with van der Waals surface area (Å²) >= 11 is 0. The number of hydrogen-bond donors (Lipinski definition) is 1. The van der Waals surface area contributed by atoms with Gasteiger partial charge in [-0.2, -0.15) is 0 Å². The van der Waals surface area contributed by atoms with Crippen LogP contribution in [0.1, 0.15) is 82.8 Å². The standard InChI is InChI=1S/C25H34O2/c1-16(2)6-4-5-7-18-15-25(3)22(12-13-23(25)27)21-10-8-17-14-19(26)9-11-20(17)24(18)21/h6,9,11,14,18,21-22,24,26H,4-5,7-8,10,12-13,15H2,1-3H3/t18-,21?,22?,24?,25-/m0/s1. The Bertz CT molecular complexity index is 758. The number of rotatable bonds is 4. The zero-order chi connectivity index (χ0) is 19.2. The third-order valence-corrected chi connectivity index (χ3v) is 7.87. The number of allylic oxidation sites excluding steroid dienone is 2. The fourth-order valence-corrected chi connectivity index (χ4v) is 6.69. The van der Waals surface area contributed by atoms with E-state index >= 15 is 0 Å². The molecule has 3 unspecified atom stereocenters. The maximum absolute atomic E-state index is 12.8. The predicted molar refractivity (Wildman–Crippen MR) is 110 cm³/mol. The molecule has 3 aliphatic carbocycles. The van der Waals surface area contributed by atoms with Crippen molar-refractivity contribution >= 4 is 5.78 Å². The number of phenolic OH excluding ortho intramolecular Hbond substituents is 1. The Morgan fingerprint density at radius 1 is 1.26 bits per heavy atom. The first-order valence-corrected chi connectivity index (χ1v) is 10.9. The molecule has 146 valence electrons. The average molecular weight is 367 g/mol. The molecule has 0 heterocycles. The minimum absolute atomic E-state index is 0.0865. The molecule has 1 N–H and O–H groups in total. The summed E-state index contributed by atoms with van der Waals surface area (Å²) in [5.41, 5.74) is 4.13. The Morgan fingerprint density at radius 3 is 2.85 bits per heavy atom. The normalized spacial score (nSPS) is 34.6. The number of carbonyl (C=O) groups excluding carboxylic acids is 1. The summed E-state index contributed by atoms with van der Waals surface area (Å²) in [7, 11) is 0. The van der Waals surface area contributed by atoms with Crippen molar-refractivity contribution in [3.63, 3.8) is 0 Å². The highest BCUT2D eigenvalue weighted by atomic mass is 16.3. The molecule has 0 radical (unpaired) electrons. The van der Waals surface area contributed by atoms with Crippen molar-refractivity contribution in [2.75, 3.05) is 0 Å². The van der Waals surface area contributed by atoms with Crippen molar-refractivity contribution < 1.29 is 9.90 Å². The number of aryl methyl sites for hydroxylation is 1. The van der Waals surface area contributed by atoms with Crippen molar-refractivity contribution in [1.29, 1.82) is 0 Å². The fraction of sp³-hybridized carbons (Fsp3) is 0.640. The van der Waals surface area contributed by atoms with Gasteiger partial charge in [-0.1, -0.05) is 24.6 Å². The summed E-state index contributed by atoms with van der Waals surface area (Å²) in [4.78, 5) is 12.8. The van der Waals surface area contributed by atoms with Crippen molar-refractivity contribution in [3.8, 4) is 5.75 Å². The summed E-state index contributed by atoms with van der Waals surface area (Å²) in [6.07, 6.45) is 11.1. The van der Waals surface area contributed by atoms with Crippen LogP contribution in [0.3, 0.4) is 0 Å². The lowest BCUT2D eigenvalue weighted by Gasteiger charge is -2.52. The molecule has 27 heavy (non-hydrogen) atoms. The largest absolute Gasteiger partial charge is 0.508 e. The smallest absolute Gasteiger partial charge is 0.139 e. The molecular weight excluding hydrogens is 332 g/mol.